The third-order valence-electron chi connectivity index (χ3n) is 1.32. The number of hydrogen-bond acceptors (Lipinski definition) is 3. The maximum Gasteiger partial charge on any atom is 0.357 e. The molecule has 3 N–H and O–H groups in total. The zero-order valence-electron chi connectivity index (χ0n) is 6.54. The van der Waals surface area contributed by atoms with Crippen LogP contribution in [-0.2, 0) is 4.74 Å². The maximum absolute atomic E-state index is 11.1. The number of carbonyl (C=O) groups excluding carboxylic acids is 1. The van der Waals surface area contributed by atoms with Gasteiger partial charge in [0.15, 0.2) is 0 Å². The molecule has 12 heavy (non-hydrogen) atoms. The van der Waals surface area contributed by atoms with Crippen molar-refractivity contribution in [1.82, 2.24) is 4.98 Å². The number of esters is 1. The third kappa shape index (κ3) is 1.66. The Hall–Kier alpha value is -1.71. The molecule has 0 saturated carbocycles. The van der Waals surface area contributed by atoms with Crippen LogP contribution < -0.4 is 5.73 Å². The number of aromatic amines is 1. The van der Waals surface area contributed by atoms with Crippen LogP contribution in [0, 0.1) is 0 Å². The summed E-state index contributed by atoms with van der Waals surface area (Å²) in [5.74, 6) is -0.461. The van der Waals surface area contributed by atoms with Crippen LogP contribution in [0.5, 0.6) is 0 Å². The molecule has 0 aliphatic rings. The highest BCUT2D eigenvalue weighted by molar-refractivity contribution is 5.93. The lowest BCUT2D eigenvalue weighted by atomic mass is 10.4. The molecule has 1 aromatic rings. The van der Waals surface area contributed by atoms with E-state index >= 15 is 0 Å². The van der Waals surface area contributed by atoms with Crippen LogP contribution in [0.1, 0.15) is 10.5 Å². The molecule has 0 aromatic carbocycles. The molecule has 0 radical (unpaired) electrons. The molecule has 4 heteroatoms. The van der Waals surface area contributed by atoms with E-state index in [1.165, 1.54) is 6.08 Å². The van der Waals surface area contributed by atoms with Crippen molar-refractivity contribution in [2.45, 2.75) is 0 Å². The van der Waals surface area contributed by atoms with Crippen LogP contribution >= 0.6 is 0 Å². The fourth-order valence-electron chi connectivity index (χ4n) is 0.765. The Balaban J connectivity index is 2.65. The number of anilines is 1. The van der Waals surface area contributed by atoms with E-state index in [1.54, 1.807) is 12.3 Å². The van der Waals surface area contributed by atoms with E-state index in [1.807, 2.05) is 0 Å². The van der Waals surface area contributed by atoms with Gasteiger partial charge in [-0.15, -0.1) is 0 Å². The zero-order chi connectivity index (χ0) is 8.97. The Kier molecular flexibility index (Phi) is 2.53. The molecule has 1 rings (SSSR count). The van der Waals surface area contributed by atoms with Crippen molar-refractivity contribution in [1.29, 1.82) is 0 Å². The van der Waals surface area contributed by atoms with Crippen LogP contribution in [0.15, 0.2) is 24.9 Å². The molecule has 1 heterocycles. The van der Waals surface area contributed by atoms with Crippen LogP contribution in [0.25, 0.3) is 0 Å². The number of nitrogens with two attached hydrogens (primary N) is 1. The molecule has 0 aliphatic heterocycles. The Labute approximate surface area is 70.0 Å². The number of aromatic nitrogens is 1. The van der Waals surface area contributed by atoms with Gasteiger partial charge in [-0.2, -0.15) is 0 Å². The zero-order valence-corrected chi connectivity index (χ0v) is 6.54. The third-order valence-corrected chi connectivity index (χ3v) is 1.32. The maximum atomic E-state index is 11.1. The van der Waals surface area contributed by atoms with Gasteiger partial charge in [0.1, 0.15) is 12.3 Å². The highest BCUT2D eigenvalue weighted by atomic mass is 16.5. The predicted molar refractivity (Wildman–Crippen MR) is 45.7 cm³/mol. The summed E-state index contributed by atoms with van der Waals surface area (Å²) in [5.41, 5.74) is 6.14. The Morgan fingerprint density at radius 1 is 1.83 bits per heavy atom. The van der Waals surface area contributed by atoms with Crippen molar-refractivity contribution in [2.75, 3.05) is 12.3 Å². The minimum absolute atomic E-state index is 0.192. The first-order chi connectivity index (χ1) is 5.75. The fourth-order valence-corrected chi connectivity index (χ4v) is 0.765. The molecule has 1 aromatic heterocycles. The second-order valence-corrected chi connectivity index (χ2v) is 2.20. The van der Waals surface area contributed by atoms with Gasteiger partial charge < -0.3 is 15.5 Å². The van der Waals surface area contributed by atoms with E-state index in [0.29, 0.717) is 5.69 Å². The molecule has 0 saturated heterocycles. The molecule has 0 amide bonds. The highest BCUT2D eigenvalue weighted by Crippen LogP contribution is 2.09. The molecule has 0 unspecified atom stereocenters. The number of H-pyrrole nitrogens is 1. The van der Waals surface area contributed by atoms with E-state index in [2.05, 4.69) is 11.6 Å². The highest BCUT2D eigenvalue weighted by Gasteiger charge is 2.10. The van der Waals surface area contributed by atoms with Crippen molar-refractivity contribution in [2.24, 2.45) is 0 Å². The minimum Gasteiger partial charge on any atom is -0.457 e. The molecular formula is C8H10N2O2. The summed E-state index contributed by atoms with van der Waals surface area (Å²) in [6, 6.07) is 1.60. The average molecular weight is 166 g/mol. The molecule has 0 bridgehead atoms. The van der Waals surface area contributed by atoms with Gasteiger partial charge in [0, 0.05) is 6.20 Å². The number of carbonyl (C=O) groups is 1. The smallest absolute Gasteiger partial charge is 0.357 e. The predicted octanol–water partition coefficient (Wildman–Crippen LogP) is 0.940. The summed E-state index contributed by atoms with van der Waals surface area (Å²) in [5, 5.41) is 0. The first-order valence-electron chi connectivity index (χ1n) is 3.46. The van der Waals surface area contributed by atoms with Gasteiger partial charge in [0.05, 0.1) is 5.69 Å². The van der Waals surface area contributed by atoms with Gasteiger partial charge in [-0.05, 0) is 6.07 Å². The van der Waals surface area contributed by atoms with E-state index in [-0.39, 0.29) is 12.3 Å². The summed E-state index contributed by atoms with van der Waals surface area (Å²) < 4.78 is 4.75. The average Bonchev–Trinajstić information content (AvgIpc) is 2.47. The molecule has 64 valence electrons. The normalized spacial score (nSPS) is 9.33. The van der Waals surface area contributed by atoms with Gasteiger partial charge in [-0.3, -0.25) is 0 Å². The van der Waals surface area contributed by atoms with E-state index in [9.17, 15) is 4.79 Å². The van der Waals surface area contributed by atoms with Gasteiger partial charge in [-0.25, -0.2) is 4.79 Å². The fraction of sp³-hybridized carbons (Fsp3) is 0.125. The number of ether oxygens (including phenoxy) is 1. The van der Waals surface area contributed by atoms with E-state index < -0.39 is 5.97 Å². The summed E-state index contributed by atoms with van der Waals surface area (Å²) in [4.78, 5) is 13.8. The van der Waals surface area contributed by atoms with Gasteiger partial charge in [0.25, 0.3) is 0 Å². The second kappa shape index (κ2) is 3.61. The van der Waals surface area contributed by atoms with Crippen LogP contribution in [0.2, 0.25) is 0 Å². The lowest BCUT2D eigenvalue weighted by Crippen LogP contribution is -2.07. The monoisotopic (exact) mass is 166 g/mol. The van der Waals surface area contributed by atoms with Gasteiger partial charge >= 0.3 is 5.97 Å². The number of hydrogen-bond donors (Lipinski definition) is 2. The summed E-state index contributed by atoms with van der Waals surface area (Å²) in [6.07, 6.45) is 3.08. The summed E-state index contributed by atoms with van der Waals surface area (Å²) >= 11 is 0. The lowest BCUT2D eigenvalue weighted by molar-refractivity contribution is 0.0545. The van der Waals surface area contributed by atoms with Crippen LogP contribution in [-0.4, -0.2) is 17.6 Å². The topological polar surface area (TPSA) is 68.1 Å². The number of nitrogens with one attached hydrogen (secondary N) is 1. The molecule has 0 fully saturated rings. The first kappa shape index (κ1) is 8.39. The van der Waals surface area contributed by atoms with Crippen molar-refractivity contribution < 1.29 is 9.53 Å². The van der Waals surface area contributed by atoms with Crippen LogP contribution in [0.4, 0.5) is 5.69 Å². The second-order valence-electron chi connectivity index (χ2n) is 2.20. The SMILES string of the molecule is C=CCOC(=O)c1[nH]ccc1N. The first-order valence-corrected chi connectivity index (χ1v) is 3.46. The Morgan fingerprint density at radius 3 is 3.08 bits per heavy atom. The summed E-state index contributed by atoms with van der Waals surface area (Å²) in [7, 11) is 0. The lowest BCUT2D eigenvalue weighted by Gasteiger charge is -1.99. The van der Waals surface area contributed by atoms with Crippen molar-refractivity contribution in [3.8, 4) is 0 Å². The van der Waals surface area contributed by atoms with Crippen molar-refractivity contribution >= 4 is 11.7 Å². The van der Waals surface area contributed by atoms with E-state index in [4.69, 9.17) is 10.5 Å². The van der Waals surface area contributed by atoms with Gasteiger partial charge in [-0.1, -0.05) is 12.7 Å². The molecule has 0 spiro atoms. The molecule has 4 nitrogen and oxygen atoms in total. The molecular weight excluding hydrogens is 156 g/mol. The molecule has 0 aliphatic carbocycles. The number of nitrogen functional groups attached to an aromatic ring is 1. The number of rotatable bonds is 3. The van der Waals surface area contributed by atoms with Crippen molar-refractivity contribution in [3.05, 3.63) is 30.6 Å². The molecule has 0 atom stereocenters. The quantitative estimate of drug-likeness (QED) is 0.518. The Morgan fingerprint density at radius 2 is 2.58 bits per heavy atom. The summed E-state index contributed by atoms with van der Waals surface area (Å²) in [6.45, 7) is 3.61. The van der Waals surface area contributed by atoms with Gasteiger partial charge in [0.2, 0.25) is 0 Å². The van der Waals surface area contributed by atoms with E-state index in [0.717, 1.165) is 0 Å². The standard InChI is InChI=1S/C8H10N2O2/c1-2-5-12-8(11)7-6(9)3-4-10-7/h2-4,10H,1,5,9H2. The van der Waals surface area contributed by atoms with Crippen LogP contribution in [0.3, 0.4) is 0 Å². The van der Waals surface area contributed by atoms with Crippen molar-refractivity contribution in [3.63, 3.8) is 0 Å². The largest absolute Gasteiger partial charge is 0.457 e. The Bertz CT molecular complexity index is 291. The minimum atomic E-state index is -0.461.